The summed E-state index contributed by atoms with van der Waals surface area (Å²) in [5, 5.41) is 18.4. The molecule has 0 atom stereocenters. The third kappa shape index (κ3) is 2.38. The van der Waals surface area contributed by atoms with Crippen molar-refractivity contribution in [2.24, 2.45) is 0 Å². The number of hydrogen-bond donors (Lipinski definition) is 0. The SMILES string of the molecule is N#COc1ccc([N+](=O)[O-])cc1C(F)(F)F. The van der Waals surface area contributed by atoms with Crippen molar-refractivity contribution in [1.29, 1.82) is 5.26 Å². The number of non-ortho nitro benzene ring substituents is 1. The zero-order valence-corrected chi connectivity index (χ0v) is 7.49. The molecule has 0 spiro atoms. The zero-order chi connectivity index (χ0) is 12.3. The quantitative estimate of drug-likeness (QED) is 0.445. The molecule has 8 heteroatoms. The van der Waals surface area contributed by atoms with Crippen molar-refractivity contribution in [2.75, 3.05) is 0 Å². The Balaban J connectivity index is 3.34. The number of ether oxygens (including phenoxy) is 1. The minimum Gasteiger partial charge on any atom is -0.387 e. The Labute approximate surface area is 86.8 Å². The second-order valence-electron chi connectivity index (χ2n) is 2.63. The molecule has 0 heterocycles. The Morgan fingerprint density at radius 1 is 1.44 bits per heavy atom. The van der Waals surface area contributed by atoms with Crippen LogP contribution in [0.4, 0.5) is 18.9 Å². The molecule has 0 aromatic heterocycles. The lowest BCUT2D eigenvalue weighted by Crippen LogP contribution is -2.08. The molecule has 5 nitrogen and oxygen atoms in total. The van der Waals surface area contributed by atoms with Gasteiger partial charge in [-0.15, -0.1) is 5.26 Å². The summed E-state index contributed by atoms with van der Waals surface area (Å²) < 4.78 is 41.3. The normalized spacial score (nSPS) is 10.6. The average Bonchev–Trinajstić information content (AvgIpc) is 2.16. The van der Waals surface area contributed by atoms with Crippen molar-refractivity contribution in [3.05, 3.63) is 33.9 Å². The number of nitriles is 1. The molecule has 0 N–H and O–H groups in total. The second kappa shape index (κ2) is 4.06. The highest BCUT2D eigenvalue weighted by molar-refractivity contribution is 5.45. The van der Waals surface area contributed by atoms with E-state index in [0.29, 0.717) is 6.07 Å². The highest BCUT2D eigenvalue weighted by Crippen LogP contribution is 2.38. The predicted octanol–water partition coefficient (Wildman–Crippen LogP) is 2.47. The van der Waals surface area contributed by atoms with Crippen LogP contribution in [-0.4, -0.2) is 4.92 Å². The number of hydrogen-bond acceptors (Lipinski definition) is 4. The first-order chi connectivity index (χ1) is 7.36. The van der Waals surface area contributed by atoms with Crippen LogP contribution in [-0.2, 0) is 6.18 Å². The second-order valence-corrected chi connectivity index (χ2v) is 2.63. The lowest BCUT2D eigenvalue weighted by molar-refractivity contribution is -0.385. The molecule has 1 aromatic rings. The molecule has 0 unspecified atom stereocenters. The number of benzene rings is 1. The monoisotopic (exact) mass is 232 g/mol. The number of nitro benzene ring substituents is 1. The summed E-state index contributed by atoms with van der Waals surface area (Å²) in [5.74, 6) is -0.763. The van der Waals surface area contributed by atoms with Gasteiger partial charge in [-0.05, 0) is 6.07 Å². The van der Waals surface area contributed by atoms with Crippen LogP contribution in [0.2, 0.25) is 0 Å². The lowest BCUT2D eigenvalue weighted by Gasteiger charge is -2.09. The summed E-state index contributed by atoms with van der Waals surface area (Å²) in [6.07, 6.45) is -3.75. The van der Waals surface area contributed by atoms with Gasteiger partial charge in [-0.2, -0.15) is 13.2 Å². The van der Waals surface area contributed by atoms with Gasteiger partial charge in [-0.1, -0.05) is 0 Å². The average molecular weight is 232 g/mol. The van der Waals surface area contributed by atoms with Crippen molar-refractivity contribution >= 4 is 5.69 Å². The number of rotatable bonds is 2. The van der Waals surface area contributed by atoms with E-state index in [1.165, 1.54) is 0 Å². The van der Waals surface area contributed by atoms with Crippen LogP contribution in [0.15, 0.2) is 18.2 Å². The van der Waals surface area contributed by atoms with E-state index in [-0.39, 0.29) is 0 Å². The van der Waals surface area contributed by atoms with Gasteiger partial charge < -0.3 is 4.74 Å². The van der Waals surface area contributed by atoms with Crippen LogP contribution in [0.1, 0.15) is 5.56 Å². The summed E-state index contributed by atoms with van der Waals surface area (Å²) in [4.78, 5) is 9.31. The zero-order valence-electron chi connectivity index (χ0n) is 7.49. The van der Waals surface area contributed by atoms with Crippen LogP contribution >= 0.6 is 0 Å². The van der Waals surface area contributed by atoms with E-state index in [9.17, 15) is 23.3 Å². The van der Waals surface area contributed by atoms with Gasteiger partial charge in [-0.25, -0.2) is 0 Å². The van der Waals surface area contributed by atoms with E-state index in [2.05, 4.69) is 4.74 Å². The van der Waals surface area contributed by atoms with E-state index in [0.717, 1.165) is 18.4 Å². The Morgan fingerprint density at radius 2 is 2.06 bits per heavy atom. The molecule has 1 rings (SSSR count). The Morgan fingerprint density at radius 3 is 2.50 bits per heavy atom. The first-order valence-electron chi connectivity index (χ1n) is 3.78. The fourth-order valence-electron chi connectivity index (χ4n) is 0.991. The summed E-state index contributed by atoms with van der Waals surface area (Å²) in [6, 6.07) is 1.86. The van der Waals surface area contributed by atoms with Gasteiger partial charge in [0.25, 0.3) is 11.9 Å². The van der Waals surface area contributed by atoms with E-state index < -0.39 is 28.1 Å². The number of alkyl halides is 3. The maximum Gasteiger partial charge on any atom is 0.420 e. The van der Waals surface area contributed by atoms with Gasteiger partial charge in [0, 0.05) is 12.1 Å². The molecule has 0 bridgehead atoms. The molecule has 0 radical (unpaired) electrons. The molecule has 0 aliphatic heterocycles. The van der Waals surface area contributed by atoms with Crippen LogP contribution in [0.5, 0.6) is 5.75 Å². The maximum atomic E-state index is 12.4. The Kier molecular flexibility index (Phi) is 2.99. The number of halogens is 3. The highest BCUT2D eigenvalue weighted by Gasteiger charge is 2.36. The molecular formula is C8H3F3N2O3. The Hall–Kier alpha value is -2.30. The first kappa shape index (κ1) is 11.8. The van der Waals surface area contributed by atoms with E-state index in [4.69, 9.17) is 5.26 Å². The maximum absolute atomic E-state index is 12.4. The van der Waals surface area contributed by atoms with Crippen molar-refractivity contribution in [3.8, 4) is 12.0 Å². The molecule has 0 amide bonds. The summed E-state index contributed by atoms with van der Waals surface area (Å²) >= 11 is 0. The van der Waals surface area contributed by atoms with Crippen LogP contribution in [0, 0.1) is 21.6 Å². The molecular weight excluding hydrogens is 229 g/mol. The summed E-state index contributed by atoms with van der Waals surface area (Å²) in [6.45, 7) is 0. The predicted molar refractivity (Wildman–Crippen MR) is 44.3 cm³/mol. The van der Waals surface area contributed by atoms with Gasteiger partial charge in [0.15, 0.2) is 5.75 Å². The molecule has 0 saturated heterocycles. The minimum absolute atomic E-state index is 0.312. The van der Waals surface area contributed by atoms with Gasteiger partial charge >= 0.3 is 6.18 Å². The van der Waals surface area contributed by atoms with Gasteiger partial charge in [0.2, 0.25) is 0 Å². The Bertz CT molecular complexity index is 465. The van der Waals surface area contributed by atoms with Crippen molar-refractivity contribution in [1.82, 2.24) is 0 Å². The molecule has 0 saturated carbocycles. The number of nitro groups is 1. The molecule has 0 aliphatic rings. The first-order valence-corrected chi connectivity index (χ1v) is 3.78. The van der Waals surface area contributed by atoms with Crippen LogP contribution in [0.25, 0.3) is 0 Å². The van der Waals surface area contributed by atoms with E-state index >= 15 is 0 Å². The molecule has 84 valence electrons. The smallest absolute Gasteiger partial charge is 0.387 e. The number of nitrogens with zero attached hydrogens (tertiary/aromatic N) is 2. The molecule has 1 aromatic carbocycles. The highest BCUT2D eigenvalue weighted by atomic mass is 19.4. The van der Waals surface area contributed by atoms with Crippen molar-refractivity contribution in [2.45, 2.75) is 6.18 Å². The topological polar surface area (TPSA) is 76.2 Å². The summed E-state index contributed by atoms with van der Waals surface area (Å²) in [7, 11) is 0. The molecule has 16 heavy (non-hydrogen) atoms. The molecule has 0 fully saturated rings. The largest absolute Gasteiger partial charge is 0.420 e. The van der Waals surface area contributed by atoms with Gasteiger partial charge in [0.1, 0.15) is 5.56 Å². The fourth-order valence-corrected chi connectivity index (χ4v) is 0.991. The molecule has 0 aliphatic carbocycles. The van der Waals surface area contributed by atoms with Gasteiger partial charge in [-0.3, -0.25) is 10.1 Å². The van der Waals surface area contributed by atoms with Crippen LogP contribution in [0.3, 0.4) is 0 Å². The lowest BCUT2D eigenvalue weighted by atomic mass is 10.1. The third-order valence-electron chi connectivity index (χ3n) is 1.63. The van der Waals surface area contributed by atoms with Gasteiger partial charge in [0.05, 0.1) is 4.92 Å². The minimum atomic E-state index is -4.82. The third-order valence-corrected chi connectivity index (χ3v) is 1.63. The van der Waals surface area contributed by atoms with Crippen molar-refractivity contribution < 1.29 is 22.8 Å². The van der Waals surface area contributed by atoms with E-state index in [1.54, 1.807) is 0 Å². The van der Waals surface area contributed by atoms with E-state index in [1.807, 2.05) is 0 Å². The van der Waals surface area contributed by atoms with Crippen molar-refractivity contribution in [3.63, 3.8) is 0 Å². The standard InChI is InChI=1S/C8H3F3N2O3/c9-8(10,11)6-3-5(13(14)15)1-2-7(6)16-4-12/h1-3H. The van der Waals surface area contributed by atoms with Crippen LogP contribution < -0.4 is 4.74 Å². The fraction of sp³-hybridized carbons (Fsp3) is 0.125. The summed E-state index contributed by atoms with van der Waals surface area (Å²) in [5.41, 5.74) is -2.08.